The molecule has 0 atom stereocenters. The first kappa shape index (κ1) is 15.1. The van der Waals surface area contributed by atoms with Gasteiger partial charge in [-0.2, -0.15) is 0 Å². The smallest absolute Gasteiger partial charge is 0.240 e. The molecule has 0 bridgehead atoms. The van der Waals surface area contributed by atoms with Crippen LogP contribution in [0.25, 0.3) is 22.0 Å². The van der Waals surface area contributed by atoms with Gasteiger partial charge in [-0.15, -0.1) is 11.3 Å². The highest BCUT2D eigenvalue weighted by Crippen LogP contribution is 2.29. The molecule has 1 N–H and O–H groups in total. The van der Waals surface area contributed by atoms with Gasteiger partial charge < -0.3 is 9.88 Å². The van der Waals surface area contributed by atoms with Crippen LogP contribution in [-0.2, 0) is 11.3 Å². The first-order valence-electron chi connectivity index (χ1n) is 8.16. The number of thiazole rings is 1. The molecule has 1 amide bonds. The van der Waals surface area contributed by atoms with E-state index in [2.05, 4.69) is 41.9 Å². The molecule has 1 saturated carbocycles. The number of aromatic nitrogens is 2. The van der Waals surface area contributed by atoms with Crippen molar-refractivity contribution < 1.29 is 4.79 Å². The lowest BCUT2D eigenvalue weighted by Gasteiger charge is -2.07. The van der Waals surface area contributed by atoms with Crippen LogP contribution in [0.4, 0.5) is 0 Å². The van der Waals surface area contributed by atoms with Crippen LogP contribution in [-0.4, -0.2) is 21.5 Å². The zero-order valence-corrected chi connectivity index (χ0v) is 14.3. The van der Waals surface area contributed by atoms with Crippen LogP contribution in [0.5, 0.6) is 0 Å². The van der Waals surface area contributed by atoms with Crippen LogP contribution in [0, 0.1) is 6.92 Å². The van der Waals surface area contributed by atoms with Gasteiger partial charge >= 0.3 is 0 Å². The maximum atomic E-state index is 12.1. The van der Waals surface area contributed by atoms with Gasteiger partial charge in [0.25, 0.3) is 0 Å². The average Bonchev–Trinajstić information content (AvgIpc) is 3.07. The molecule has 0 radical (unpaired) electrons. The third-order valence-corrected chi connectivity index (χ3v) is 5.02. The predicted octanol–water partition coefficient (Wildman–Crippen LogP) is 3.87. The summed E-state index contributed by atoms with van der Waals surface area (Å²) in [7, 11) is 0. The fourth-order valence-electron chi connectivity index (χ4n) is 2.65. The molecule has 0 unspecified atom stereocenters. The Kier molecular flexibility index (Phi) is 3.94. The lowest BCUT2D eigenvalue weighted by Crippen LogP contribution is -2.29. The van der Waals surface area contributed by atoms with Crippen molar-refractivity contribution in [1.82, 2.24) is 14.9 Å². The number of aryl methyl sites for hydroxylation is 1. The van der Waals surface area contributed by atoms with Crippen molar-refractivity contribution in [3.63, 3.8) is 0 Å². The summed E-state index contributed by atoms with van der Waals surface area (Å²) in [5.74, 6) is 0.0743. The zero-order valence-electron chi connectivity index (χ0n) is 13.5. The maximum absolute atomic E-state index is 12.1. The molecule has 2 aromatic heterocycles. The molecule has 5 heteroatoms. The van der Waals surface area contributed by atoms with E-state index in [1.807, 2.05) is 22.9 Å². The van der Waals surface area contributed by atoms with E-state index < -0.39 is 0 Å². The number of hydrogen-bond donors (Lipinski definition) is 1. The molecular formula is C19H19N3OS. The van der Waals surface area contributed by atoms with E-state index in [1.165, 1.54) is 5.56 Å². The van der Waals surface area contributed by atoms with E-state index in [9.17, 15) is 4.79 Å². The topological polar surface area (TPSA) is 46.9 Å². The highest BCUT2D eigenvalue weighted by molar-refractivity contribution is 7.13. The third-order valence-electron chi connectivity index (χ3n) is 4.16. The van der Waals surface area contributed by atoms with E-state index >= 15 is 0 Å². The molecule has 1 aliphatic rings. The summed E-state index contributed by atoms with van der Waals surface area (Å²) in [5, 5.41) is 6.04. The molecule has 4 rings (SSSR count). The number of nitrogens with zero attached hydrogens (tertiary/aromatic N) is 2. The fraction of sp³-hybridized carbons (Fsp3) is 0.263. The number of amides is 1. The van der Waals surface area contributed by atoms with Crippen LogP contribution in [0.3, 0.4) is 0 Å². The van der Waals surface area contributed by atoms with Crippen LogP contribution < -0.4 is 5.32 Å². The number of carbonyl (C=O) groups is 1. The summed E-state index contributed by atoms with van der Waals surface area (Å²) in [6.07, 6.45) is 4.15. The Labute approximate surface area is 145 Å². The minimum atomic E-state index is 0.0743. The minimum absolute atomic E-state index is 0.0743. The molecule has 1 fully saturated rings. The number of carbonyl (C=O) groups excluding carboxylic acids is 1. The summed E-state index contributed by atoms with van der Waals surface area (Å²) in [6.45, 7) is 2.42. The lowest BCUT2D eigenvalue weighted by molar-refractivity contribution is -0.121. The van der Waals surface area contributed by atoms with Crippen molar-refractivity contribution in [2.75, 3.05) is 0 Å². The van der Waals surface area contributed by atoms with Crippen molar-refractivity contribution >= 4 is 17.2 Å². The Morgan fingerprint density at radius 3 is 2.83 bits per heavy atom. The van der Waals surface area contributed by atoms with Gasteiger partial charge in [0.15, 0.2) is 0 Å². The maximum Gasteiger partial charge on any atom is 0.240 e. The SMILES string of the molecule is Cc1ccc(-c2csc(-c3cccn3CC(=O)NC3CC3)n2)cc1. The van der Waals surface area contributed by atoms with Gasteiger partial charge in [0, 0.05) is 23.2 Å². The van der Waals surface area contributed by atoms with Crippen LogP contribution in [0.2, 0.25) is 0 Å². The van der Waals surface area contributed by atoms with Crippen molar-refractivity contribution in [3.8, 4) is 22.0 Å². The zero-order chi connectivity index (χ0) is 16.5. The molecule has 1 aromatic carbocycles. The van der Waals surface area contributed by atoms with Gasteiger partial charge in [0.1, 0.15) is 11.6 Å². The molecule has 4 nitrogen and oxygen atoms in total. The van der Waals surface area contributed by atoms with Gasteiger partial charge in [-0.3, -0.25) is 4.79 Å². The Hall–Kier alpha value is -2.40. The van der Waals surface area contributed by atoms with E-state index in [-0.39, 0.29) is 5.91 Å². The quantitative estimate of drug-likeness (QED) is 0.768. The Morgan fingerprint density at radius 2 is 2.08 bits per heavy atom. The third kappa shape index (κ3) is 3.26. The van der Waals surface area contributed by atoms with Crippen LogP contribution in [0.1, 0.15) is 18.4 Å². The Bertz CT molecular complexity index is 859. The Morgan fingerprint density at radius 1 is 1.29 bits per heavy atom. The molecule has 0 saturated heterocycles. The number of rotatable bonds is 5. The summed E-state index contributed by atoms with van der Waals surface area (Å²) in [6, 6.07) is 12.8. The largest absolute Gasteiger partial charge is 0.352 e. The van der Waals surface area contributed by atoms with E-state index in [1.54, 1.807) is 11.3 Å². The second kappa shape index (κ2) is 6.24. The highest BCUT2D eigenvalue weighted by atomic mass is 32.1. The molecule has 1 aliphatic carbocycles. The first-order chi connectivity index (χ1) is 11.7. The van der Waals surface area contributed by atoms with Crippen molar-refractivity contribution in [2.24, 2.45) is 0 Å². The van der Waals surface area contributed by atoms with Crippen molar-refractivity contribution in [2.45, 2.75) is 32.4 Å². The van der Waals surface area contributed by atoms with Gasteiger partial charge in [-0.05, 0) is 31.9 Å². The van der Waals surface area contributed by atoms with Crippen molar-refractivity contribution in [1.29, 1.82) is 0 Å². The summed E-state index contributed by atoms with van der Waals surface area (Å²) in [5.41, 5.74) is 4.33. The normalized spacial score (nSPS) is 13.9. The van der Waals surface area contributed by atoms with E-state index in [4.69, 9.17) is 4.98 Å². The van der Waals surface area contributed by atoms with E-state index in [0.29, 0.717) is 12.6 Å². The number of hydrogen-bond acceptors (Lipinski definition) is 3. The van der Waals surface area contributed by atoms with Crippen LogP contribution in [0.15, 0.2) is 48.0 Å². The fourth-order valence-corrected chi connectivity index (χ4v) is 3.52. The van der Waals surface area contributed by atoms with Gasteiger partial charge in [-0.1, -0.05) is 29.8 Å². The van der Waals surface area contributed by atoms with Crippen molar-refractivity contribution in [3.05, 3.63) is 53.5 Å². The highest BCUT2D eigenvalue weighted by Gasteiger charge is 2.23. The second-order valence-electron chi connectivity index (χ2n) is 6.27. The summed E-state index contributed by atoms with van der Waals surface area (Å²) in [4.78, 5) is 16.8. The molecule has 0 aliphatic heterocycles. The minimum Gasteiger partial charge on any atom is -0.352 e. The van der Waals surface area contributed by atoms with Gasteiger partial charge in [0.2, 0.25) is 5.91 Å². The molecule has 122 valence electrons. The van der Waals surface area contributed by atoms with E-state index in [0.717, 1.165) is 34.8 Å². The van der Waals surface area contributed by atoms with Crippen LogP contribution >= 0.6 is 11.3 Å². The first-order valence-corrected chi connectivity index (χ1v) is 9.04. The summed E-state index contributed by atoms with van der Waals surface area (Å²) >= 11 is 1.61. The molecule has 2 heterocycles. The standard InChI is InChI=1S/C19H19N3OS/c1-13-4-6-14(7-5-13)16-12-24-19(21-16)17-3-2-10-22(17)11-18(23)20-15-8-9-15/h2-7,10,12,15H,8-9,11H2,1H3,(H,20,23). The predicted molar refractivity (Wildman–Crippen MR) is 96.9 cm³/mol. The number of nitrogens with one attached hydrogen (secondary N) is 1. The van der Waals surface area contributed by atoms with Gasteiger partial charge in [-0.25, -0.2) is 4.98 Å². The molecule has 0 spiro atoms. The van der Waals surface area contributed by atoms with Gasteiger partial charge in [0.05, 0.1) is 11.4 Å². The summed E-state index contributed by atoms with van der Waals surface area (Å²) < 4.78 is 1.97. The lowest BCUT2D eigenvalue weighted by atomic mass is 10.1. The average molecular weight is 337 g/mol. The Balaban J connectivity index is 1.55. The second-order valence-corrected chi connectivity index (χ2v) is 7.13. The number of benzene rings is 1. The molecule has 24 heavy (non-hydrogen) atoms. The molecule has 3 aromatic rings. The molecular weight excluding hydrogens is 318 g/mol. The monoisotopic (exact) mass is 337 g/mol.